The van der Waals surface area contributed by atoms with Crippen LogP contribution in [0, 0.1) is 11.7 Å². The quantitative estimate of drug-likeness (QED) is 0.826. The van der Waals surface area contributed by atoms with Gasteiger partial charge in [-0.05, 0) is 36.1 Å². The van der Waals surface area contributed by atoms with E-state index >= 15 is 0 Å². The summed E-state index contributed by atoms with van der Waals surface area (Å²) < 4.78 is 13.9. The number of carbonyl (C=O) groups is 1. The van der Waals surface area contributed by atoms with Crippen molar-refractivity contribution in [3.8, 4) is 0 Å². The van der Waals surface area contributed by atoms with Gasteiger partial charge in [0.25, 0.3) is 5.91 Å². The van der Waals surface area contributed by atoms with Gasteiger partial charge in [0.05, 0.1) is 11.6 Å². The zero-order valence-electron chi connectivity index (χ0n) is 12.6. The first-order valence-electron chi connectivity index (χ1n) is 7.28. The molecule has 1 N–H and O–H groups in total. The van der Waals surface area contributed by atoms with Gasteiger partial charge in [0.2, 0.25) is 0 Å². The third kappa shape index (κ3) is 4.31. The molecular formula is C18H19ClFNO. The molecule has 2 nitrogen and oxygen atoms in total. The molecule has 0 aliphatic carbocycles. The lowest BCUT2D eigenvalue weighted by Gasteiger charge is -2.21. The lowest BCUT2D eigenvalue weighted by atomic mass is 9.96. The molecule has 0 aliphatic rings. The fourth-order valence-corrected chi connectivity index (χ4v) is 2.50. The van der Waals surface area contributed by atoms with E-state index in [0.29, 0.717) is 5.92 Å². The second-order valence-electron chi connectivity index (χ2n) is 5.69. The minimum absolute atomic E-state index is 0.00841. The van der Waals surface area contributed by atoms with E-state index in [9.17, 15) is 9.18 Å². The van der Waals surface area contributed by atoms with Crippen molar-refractivity contribution < 1.29 is 9.18 Å². The van der Waals surface area contributed by atoms with E-state index in [0.717, 1.165) is 18.1 Å². The zero-order chi connectivity index (χ0) is 16.1. The van der Waals surface area contributed by atoms with Gasteiger partial charge < -0.3 is 5.32 Å². The van der Waals surface area contributed by atoms with Crippen LogP contribution in [0.25, 0.3) is 0 Å². The van der Waals surface area contributed by atoms with E-state index in [1.807, 2.05) is 30.3 Å². The number of halogens is 2. The predicted octanol–water partition coefficient (Wildman–Crippen LogP) is 5.00. The van der Waals surface area contributed by atoms with Crippen molar-refractivity contribution in [2.24, 2.45) is 5.92 Å². The Bertz CT molecular complexity index is 643. The summed E-state index contributed by atoms with van der Waals surface area (Å²) in [5, 5.41) is 3.19. The highest BCUT2D eigenvalue weighted by molar-refractivity contribution is 6.30. The SMILES string of the molecule is CC(C)C[C@H](NC(=O)c1ccc(Cl)cc1F)c1ccccc1. The second-order valence-corrected chi connectivity index (χ2v) is 6.13. The van der Waals surface area contributed by atoms with Gasteiger partial charge in [0.1, 0.15) is 5.82 Å². The monoisotopic (exact) mass is 319 g/mol. The number of rotatable bonds is 5. The van der Waals surface area contributed by atoms with Crippen LogP contribution in [-0.4, -0.2) is 5.91 Å². The van der Waals surface area contributed by atoms with Crippen molar-refractivity contribution in [1.29, 1.82) is 0 Å². The number of hydrogen-bond acceptors (Lipinski definition) is 1. The van der Waals surface area contributed by atoms with Crippen molar-refractivity contribution in [2.45, 2.75) is 26.3 Å². The maximum atomic E-state index is 13.9. The highest BCUT2D eigenvalue weighted by Crippen LogP contribution is 2.22. The third-order valence-electron chi connectivity index (χ3n) is 3.39. The van der Waals surface area contributed by atoms with Crippen LogP contribution >= 0.6 is 11.6 Å². The highest BCUT2D eigenvalue weighted by atomic mass is 35.5. The fraction of sp³-hybridized carbons (Fsp3) is 0.278. The van der Waals surface area contributed by atoms with Crippen LogP contribution in [0.3, 0.4) is 0 Å². The summed E-state index contributed by atoms with van der Waals surface area (Å²) in [5.41, 5.74) is 1.02. The molecule has 1 atom stereocenters. The zero-order valence-corrected chi connectivity index (χ0v) is 13.4. The van der Waals surface area contributed by atoms with E-state index in [1.54, 1.807) is 0 Å². The first-order chi connectivity index (χ1) is 10.5. The van der Waals surface area contributed by atoms with Crippen LogP contribution in [0.1, 0.15) is 42.2 Å². The van der Waals surface area contributed by atoms with Crippen molar-refractivity contribution >= 4 is 17.5 Å². The molecule has 0 unspecified atom stereocenters. The van der Waals surface area contributed by atoms with Gasteiger partial charge in [-0.2, -0.15) is 0 Å². The fourth-order valence-electron chi connectivity index (χ4n) is 2.34. The number of hydrogen-bond donors (Lipinski definition) is 1. The molecule has 2 aromatic carbocycles. The first kappa shape index (κ1) is 16.5. The molecule has 0 saturated carbocycles. The lowest BCUT2D eigenvalue weighted by molar-refractivity contribution is 0.0928. The molecule has 0 aliphatic heterocycles. The minimum atomic E-state index is -0.610. The maximum absolute atomic E-state index is 13.9. The van der Waals surface area contributed by atoms with E-state index in [1.165, 1.54) is 12.1 Å². The van der Waals surface area contributed by atoms with E-state index < -0.39 is 11.7 Å². The summed E-state index contributed by atoms with van der Waals surface area (Å²) in [6.45, 7) is 4.18. The van der Waals surface area contributed by atoms with Crippen LogP contribution in [0.4, 0.5) is 4.39 Å². The molecule has 0 bridgehead atoms. The molecule has 0 heterocycles. The molecule has 2 aromatic rings. The summed E-state index contributed by atoms with van der Waals surface area (Å²) in [4.78, 5) is 12.3. The number of benzene rings is 2. The molecule has 0 spiro atoms. The molecule has 0 aromatic heterocycles. The van der Waals surface area contributed by atoms with Crippen LogP contribution in [-0.2, 0) is 0 Å². The largest absolute Gasteiger partial charge is 0.345 e. The third-order valence-corrected chi connectivity index (χ3v) is 3.63. The number of nitrogens with one attached hydrogen (secondary N) is 1. The van der Waals surface area contributed by atoms with Gasteiger partial charge in [0.15, 0.2) is 0 Å². The Hall–Kier alpha value is -1.87. The van der Waals surface area contributed by atoms with Gasteiger partial charge in [0, 0.05) is 5.02 Å². The summed E-state index contributed by atoms with van der Waals surface area (Å²) in [7, 11) is 0. The maximum Gasteiger partial charge on any atom is 0.254 e. The Labute approximate surface area is 135 Å². The van der Waals surface area contributed by atoms with Gasteiger partial charge in [-0.15, -0.1) is 0 Å². The Morgan fingerprint density at radius 2 is 1.86 bits per heavy atom. The molecule has 4 heteroatoms. The number of carbonyl (C=O) groups excluding carboxylic acids is 1. The van der Waals surface area contributed by atoms with E-state index in [-0.39, 0.29) is 16.6 Å². The van der Waals surface area contributed by atoms with Crippen molar-refractivity contribution in [2.75, 3.05) is 0 Å². The van der Waals surface area contributed by atoms with Crippen LogP contribution in [0.5, 0.6) is 0 Å². The van der Waals surface area contributed by atoms with Gasteiger partial charge in [-0.1, -0.05) is 55.8 Å². The molecule has 1 amide bonds. The Balaban J connectivity index is 2.21. The molecule has 2 rings (SSSR count). The smallest absolute Gasteiger partial charge is 0.254 e. The van der Waals surface area contributed by atoms with E-state index in [4.69, 9.17) is 11.6 Å². The van der Waals surface area contributed by atoms with Gasteiger partial charge >= 0.3 is 0 Å². The highest BCUT2D eigenvalue weighted by Gasteiger charge is 2.19. The van der Waals surface area contributed by atoms with Crippen molar-refractivity contribution in [1.82, 2.24) is 5.32 Å². The normalized spacial score (nSPS) is 12.2. The summed E-state index contributed by atoms with van der Waals surface area (Å²) >= 11 is 5.72. The Morgan fingerprint density at radius 3 is 2.45 bits per heavy atom. The second kappa shape index (κ2) is 7.41. The van der Waals surface area contributed by atoms with Crippen LogP contribution in [0.2, 0.25) is 5.02 Å². The summed E-state index contributed by atoms with van der Waals surface area (Å²) in [6, 6.07) is 13.6. The Kier molecular flexibility index (Phi) is 5.56. The van der Waals surface area contributed by atoms with Crippen LogP contribution in [0.15, 0.2) is 48.5 Å². The first-order valence-corrected chi connectivity index (χ1v) is 7.66. The molecule has 0 radical (unpaired) electrons. The van der Waals surface area contributed by atoms with E-state index in [2.05, 4.69) is 19.2 Å². The minimum Gasteiger partial charge on any atom is -0.345 e. The summed E-state index contributed by atoms with van der Waals surface area (Å²) in [6.07, 6.45) is 0.783. The molecule has 0 fully saturated rings. The Morgan fingerprint density at radius 1 is 1.18 bits per heavy atom. The predicted molar refractivity (Wildman–Crippen MR) is 87.5 cm³/mol. The average Bonchev–Trinajstić information content (AvgIpc) is 2.46. The lowest BCUT2D eigenvalue weighted by Crippen LogP contribution is -2.30. The van der Waals surface area contributed by atoms with Crippen LogP contribution < -0.4 is 5.32 Å². The summed E-state index contributed by atoms with van der Waals surface area (Å²) in [5.74, 6) is -0.634. The molecular weight excluding hydrogens is 301 g/mol. The average molecular weight is 320 g/mol. The van der Waals surface area contributed by atoms with Crippen molar-refractivity contribution in [3.05, 3.63) is 70.5 Å². The standard InChI is InChI=1S/C18H19ClFNO/c1-12(2)10-17(13-6-4-3-5-7-13)21-18(22)15-9-8-14(19)11-16(15)20/h3-9,11-12,17H,10H2,1-2H3,(H,21,22)/t17-/m0/s1. The number of amides is 1. The molecule has 22 heavy (non-hydrogen) atoms. The van der Waals surface area contributed by atoms with Gasteiger partial charge in [-0.3, -0.25) is 4.79 Å². The van der Waals surface area contributed by atoms with Gasteiger partial charge in [-0.25, -0.2) is 4.39 Å². The van der Waals surface area contributed by atoms with Crippen molar-refractivity contribution in [3.63, 3.8) is 0 Å². The topological polar surface area (TPSA) is 29.1 Å². The molecule has 116 valence electrons. The molecule has 0 saturated heterocycles.